The first-order chi connectivity index (χ1) is 15.5. The number of hydrogen-bond acceptors (Lipinski definition) is 4. The highest BCUT2D eigenvalue weighted by Gasteiger charge is 2.34. The number of halogens is 1. The fourth-order valence-corrected chi connectivity index (χ4v) is 4.70. The lowest BCUT2D eigenvalue weighted by molar-refractivity contribution is -0.122. The van der Waals surface area contributed by atoms with Gasteiger partial charge in [0.2, 0.25) is 0 Å². The quantitative estimate of drug-likeness (QED) is 0.363. The third-order valence-corrected chi connectivity index (χ3v) is 6.25. The van der Waals surface area contributed by atoms with E-state index in [9.17, 15) is 4.79 Å². The van der Waals surface area contributed by atoms with E-state index in [0.29, 0.717) is 34.2 Å². The molecular formula is C26H25ClN2O2S. The van der Waals surface area contributed by atoms with Gasteiger partial charge in [-0.15, -0.1) is 0 Å². The maximum Gasteiger partial charge on any atom is 0.266 e. The number of carbonyl (C=O) groups excluding carboxylic acids is 1. The highest BCUT2D eigenvalue weighted by atomic mass is 35.5. The van der Waals surface area contributed by atoms with Crippen molar-refractivity contribution in [1.82, 2.24) is 4.90 Å². The Morgan fingerprint density at radius 3 is 2.56 bits per heavy atom. The summed E-state index contributed by atoms with van der Waals surface area (Å²) in [7, 11) is 0. The van der Waals surface area contributed by atoms with Crippen LogP contribution in [-0.2, 0) is 4.79 Å². The molecule has 4 rings (SSSR count). The first-order valence-corrected chi connectivity index (χ1v) is 11.9. The fourth-order valence-electron chi connectivity index (χ4n) is 3.58. The van der Waals surface area contributed by atoms with Crippen LogP contribution in [0.5, 0.6) is 5.75 Å². The summed E-state index contributed by atoms with van der Waals surface area (Å²) < 4.78 is 5.89. The summed E-state index contributed by atoms with van der Waals surface area (Å²) >= 11 is 7.41. The average Bonchev–Trinajstić information content (AvgIpc) is 3.05. The number of fused-ring (bicyclic) bond motifs is 1. The van der Waals surface area contributed by atoms with Gasteiger partial charge in [0.25, 0.3) is 5.91 Å². The third kappa shape index (κ3) is 4.84. The van der Waals surface area contributed by atoms with Crippen molar-refractivity contribution in [2.75, 3.05) is 13.2 Å². The van der Waals surface area contributed by atoms with Gasteiger partial charge in [-0.2, -0.15) is 0 Å². The van der Waals surface area contributed by atoms with Crippen LogP contribution in [0.4, 0.5) is 5.69 Å². The molecule has 1 aliphatic rings. The average molecular weight is 465 g/mol. The standard InChI is InChI=1S/C26H25ClN2O2S/c1-4-31-23-14-9-18-7-5-6-8-21(18)22(23)15-24-25(30)29(16-17(2)3)26(32-24)28-20-12-10-19(27)11-13-20/h5-15,17H,4,16H2,1-3H3/b24-15-,28-26?. The monoisotopic (exact) mass is 464 g/mol. The van der Waals surface area contributed by atoms with Crippen molar-refractivity contribution in [3.05, 3.63) is 76.2 Å². The molecule has 1 heterocycles. The fraction of sp³-hybridized carbons (Fsp3) is 0.231. The maximum absolute atomic E-state index is 13.4. The number of aliphatic imine (C=N–C) groups is 1. The van der Waals surface area contributed by atoms with Crippen LogP contribution in [0.1, 0.15) is 26.3 Å². The van der Waals surface area contributed by atoms with E-state index < -0.39 is 0 Å². The van der Waals surface area contributed by atoms with Crippen LogP contribution in [0, 0.1) is 5.92 Å². The van der Waals surface area contributed by atoms with E-state index in [0.717, 1.165) is 27.8 Å². The lowest BCUT2D eigenvalue weighted by Crippen LogP contribution is -2.32. The van der Waals surface area contributed by atoms with Crippen LogP contribution in [0.3, 0.4) is 0 Å². The summed E-state index contributed by atoms with van der Waals surface area (Å²) in [4.78, 5) is 20.6. The van der Waals surface area contributed by atoms with E-state index in [4.69, 9.17) is 21.3 Å². The topological polar surface area (TPSA) is 41.9 Å². The van der Waals surface area contributed by atoms with Gasteiger partial charge in [-0.05, 0) is 71.8 Å². The minimum Gasteiger partial charge on any atom is -0.493 e. The second kappa shape index (κ2) is 9.80. The molecular weight excluding hydrogens is 440 g/mol. The van der Waals surface area contributed by atoms with Gasteiger partial charge in [0.05, 0.1) is 17.2 Å². The third-order valence-electron chi connectivity index (χ3n) is 4.99. The van der Waals surface area contributed by atoms with Crippen molar-refractivity contribution in [2.24, 2.45) is 10.9 Å². The molecule has 1 amide bonds. The molecule has 0 aromatic heterocycles. The number of nitrogens with zero attached hydrogens (tertiary/aromatic N) is 2. The second-order valence-electron chi connectivity index (χ2n) is 7.92. The molecule has 0 atom stereocenters. The molecule has 32 heavy (non-hydrogen) atoms. The number of amidine groups is 1. The van der Waals surface area contributed by atoms with Crippen LogP contribution < -0.4 is 4.74 Å². The molecule has 0 saturated carbocycles. The highest BCUT2D eigenvalue weighted by molar-refractivity contribution is 8.18. The number of amides is 1. The number of hydrogen-bond donors (Lipinski definition) is 0. The molecule has 0 N–H and O–H groups in total. The molecule has 3 aromatic rings. The minimum atomic E-state index is -0.0354. The zero-order valence-electron chi connectivity index (χ0n) is 18.3. The van der Waals surface area contributed by atoms with Gasteiger partial charge in [-0.1, -0.05) is 55.8 Å². The SMILES string of the molecule is CCOc1ccc2ccccc2c1/C=C1\SC(=Nc2ccc(Cl)cc2)N(CC(C)C)C1=O. The molecule has 0 radical (unpaired) electrons. The number of carbonyl (C=O) groups is 1. The first-order valence-electron chi connectivity index (χ1n) is 10.7. The van der Waals surface area contributed by atoms with E-state index >= 15 is 0 Å². The predicted octanol–water partition coefficient (Wildman–Crippen LogP) is 7.15. The van der Waals surface area contributed by atoms with Crippen molar-refractivity contribution in [3.8, 4) is 5.75 Å². The molecule has 6 heteroatoms. The Morgan fingerprint density at radius 2 is 1.84 bits per heavy atom. The van der Waals surface area contributed by atoms with Gasteiger partial charge in [0.15, 0.2) is 5.17 Å². The molecule has 1 aliphatic heterocycles. The molecule has 1 saturated heterocycles. The van der Waals surface area contributed by atoms with E-state index in [-0.39, 0.29) is 5.91 Å². The van der Waals surface area contributed by atoms with Gasteiger partial charge < -0.3 is 4.74 Å². The number of ether oxygens (including phenoxy) is 1. The van der Waals surface area contributed by atoms with Gasteiger partial charge in [-0.3, -0.25) is 9.69 Å². The smallest absolute Gasteiger partial charge is 0.266 e. The van der Waals surface area contributed by atoms with Gasteiger partial charge >= 0.3 is 0 Å². The van der Waals surface area contributed by atoms with Gasteiger partial charge in [0.1, 0.15) is 5.75 Å². The summed E-state index contributed by atoms with van der Waals surface area (Å²) in [6.45, 7) is 7.31. The summed E-state index contributed by atoms with van der Waals surface area (Å²) in [5.74, 6) is 1.04. The molecule has 164 valence electrons. The highest BCUT2D eigenvalue weighted by Crippen LogP contribution is 2.38. The molecule has 0 unspecified atom stereocenters. The second-order valence-corrected chi connectivity index (χ2v) is 9.37. The van der Waals surface area contributed by atoms with Crippen molar-refractivity contribution in [3.63, 3.8) is 0 Å². The Labute approximate surface area is 197 Å². The van der Waals surface area contributed by atoms with Crippen molar-refractivity contribution in [1.29, 1.82) is 0 Å². The van der Waals surface area contributed by atoms with E-state index in [2.05, 4.69) is 26.0 Å². The van der Waals surface area contributed by atoms with Crippen LogP contribution in [-0.4, -0.2) is 29.1 Å². The minimum absolute atomic E-state index is 0.0354. The Kier molecular flexibility index (Phi) is 6.87. The van der Waals surface area contributed by atoms with Crippen LogP contribution >= 0.6 is 23.4 Å². The molecule has 0 bridgehead atoms. The summed E-state index contributed by atoms with van der Waals surface area (Å²) in [6, 6.07) is 19.5. The lowest BCUT2D eigenvalue weighted by atomic mass is 10.0. The van der Waals surface area contributed by atoms with Gasteiger partial charge in [-0.25, -0.2) is 4.99 Å². The Hall–Kier alpha value is -2.76. The largest absolute Gasteiger partial charge is 0.493 e. The zero-order chi connectivity index (χ0) is 22.7. The molecule has 3 aromatic carbocycles. The maximum atomic E-state index is 13.4. The van der Waals surface area contributed by atoms with E-state index in [1.54, 1.807) is 17.0 Å². The van der Waals surface area contributed by atoms with Crippen molar-refractivity contribution >= 4 is 57.0 Å². The molecule has 1 fully saturated rings. The lowest BCUT2D eigenvalue weighted by Gasteiger charge is -2.17. The number of rotatable bonds is 6. The van der Waals surface area contributed by atoms with Crippen molar-refractivity contribution < 1.29 is 9.53 Å². The number of benzene rings is 3. The van der Waals surface area contributed by atoms with E-state index in [1.165, 1.54) is 11.8 Å². The summed E-state index contributed by atoms with van der Waals surface area (Å²) in [5, 5.41) is 3.49. The van der Waals surface area contributed by atoms with Gasteiger partial charge in [0, 0.05) is 17.1 Å². The molecule has 4 nitrogen and oxygen atoms in total. The predicted molar refractivity (Wildman–Crippen MR) is 136 cm³/mol. The van der Waals surface area contributed by atoms with Crippen LogP contribution in [0.25, 0.3) is 16.8 Å². The normalized spacial score (nSPS) is 16.7. The summed E-state index contributed by atoms with van der Waals surface area (Å²) in [5.41, 5.74) is 1.68. The molecule has 0 aliphatic carbocycles. The Bertz CT molecular complexity index is 1200. The Morgan fingerprint density at radius 1 is 1.09 bits per heavy atom. The van der Waals surface area contributed by atoms with Crippen molar-refractivity contribution in [2.45, 2.75) is 20.8 Å². The van der Waals surface area contributed by atoms with Crippen LogP contribution in [0.2, 0.25) is 5.02 Å². The summed E-state index contributed by atoms with van der Waals surface area (Å²) in [6.07, 6.45) is 1.94. The zero-order valence-corrected chi connectivity index (χ0v) is 19.9. The van der Waals surface area contributed by atoms with Crippen LogP contribution in [0.15, 0.2) is 70.6 Å². The Balaban J connectivity index is 1.79. The van der Waals surface area contributed by atoms with E-state index in [1.807, 2.05) is 49.4 Å². The molecule has 0 spiro atoms. The first kappa shape index (κ1) is 22.4. The number of thioether (sulfide) groups is 1.